The Balaban J connectivity index is 1.85. The van der Waals surface area contributed by atoms with Crippen molar-refractivity contribution in [2.75, 3.05) is 0 Å². The SMILES string of the molecule is CC(C)Cn1c(SCc2ccc(Cl)c(Cl)c2)nnc1-c1ccccc1. The molecule has 0 aliphatic carbocycles. The van der Waals surface area contributed by atoms with Gasteiger partial charge in [0.1, 0.15) is 0 Å². The molecule has 0 aliphatic heterocycles. The fourth-order valence-corrected chi connectivity index (χ4v) is 3.71. The highest BCUT2D eigenvalue weighted by Crippen LogP contribution is 2.29. The van der Waals surface area contributed by atoms with Crippen LogP contribution in [0.25, 0.3) is 11.4 Å². The average Bonchev–Trinajstić information content (AvgIpc) is 2.99. The van der Waals surface area contributed by atoms with Crippen LogP contribution in [-0.4, -0.2) is 14.8 Å². The molecule has 1 heterocycles. The summed E-state index contributed by atoms with van der Waals surface area (Å²) in [5, 5.41) is 10.9. The van der Waals surface area contributed by atoms with E-state index in [2.05, 4.69) is 40.7 Å². The number of aromatic nitrogens is 3. The van der Waals surface area contributed by atoms with Gasteiger partial charge in [0.2, 0.25) is 0 Å². The lowest BCUT2D eigenvalue weighted by atomic mass is 10.2. The summed E-state index contributed by atoms with van der Waals surface area (Å²) in [7, 11) is 0. The molecule has 0 N–H and O–H groups in total. The molecule has 0 radical (unpaired) electrons. The highest BCUT2D eigenvalue weighted by Gasteiger charge is 2.15. The predicted octanol–water partition coefficient (Wildman–Crippen LogP) is 6.20. The van der Waals surface area contributed by atoms with Gasteiger partial charge in [0, 0.05) is 17.9 Å². The first kappa shape index (κ1) is 18.3. The van der Waals surface area contributed by atoms with Crippen molar-refractivity contribution in [1.82, 2.24) is 14.8 Å². The second kappa shape index (κ2) is 8.26. The summed E-state index contributed by atoms with van der Waals surface area (Å²) >= 11 is 13.8. The van der Waals surface area contributed by atoms with Crippen molar-refractivity contribution in [2.45, 2.75) is 31.3 Å². The van der Waals surface area contributed by atoms with Crippen molar-refractivity contribution >= 4 is 35.0 Å². The Hall–Kier alpha value is -1.49. The van der Waals surface area contributed by atoms with Crippen molar-refractivity contribution in [3.05, 3.63) is 64.1 Å². The maximum atomic E-state index is 6.11. The van der Waals surface area contributed by atoms with Crippen molar-refractivity contribution < 1.29 is 0 Å². The lowest BCUT2D eigenvalue weighted by Gasteiger charge is -2.12. The molecule has 2 aromatic carbocycles. The van der Waals surface area contributed by atoms with E-state index in [1.807, 2.05) is 36.4 Å². The van der Waals surface area contributed by atoms with Gasteiger partial charge in [-0.3, -0.25) is 0 Å². The molecule has 1 aromatic heterocycles. The zero-order valence-electron chi connectivity index (χ0n) is 14.1. The number of nitrogens with zero attached hydrogens (tertiary/aromatic N) is 3. The molecular weight excluding hydrogens is 373 g/mol. The number of rotatable bonds is 6. The van der Waals surface area contributed by atoms with Crippen LogP contribution in [0, 0.1) is 5.92 Å². The Bertz CT molecular complexity index is 847. The first-order valence-corrected chi connectivity index (χ1v) is 9.84. The van der Waals surface area contributed by atoms with E-state index in [0.717, 1.165) is 34.4 Å². The second-order valence-electron chi connectivity index (χ2n) is 6.21. The Morgan fingerprint density at radius 2 is 1.76 bits per heavy atom. The molecule has 0 bridgehead atoms. The third-order valence-electron chi connectivity index (χ3n) is 3.65. The van der Waals surface area contributed by atoms with Crippen LogP contribution in [-0.2, 0) is 12.3 Å². The van der Waals surface area contributed by atoms with Crippen molar-refractivity contribution in [3.63, 3.8) is 0 Å². The molecule has 6 heteroatoms. The minimum Gasteiger partial charge on any atom is -0.302 e. The van der Waals surface area contributed by atoms with Gasteiger partial charge in [-0.05, 0) is 23.6 Å². The van der Waals surface area contributed by atoms with Gasteiger partial charge in [0.25, 0.3) is 0 Å². The molecule has 0 amide bonds. The van der Waals surface area contributed by atoms with Gasteiger partial charge in [-0.2, -0.15) is 0 Å². The van der Waals surface area contributed by atoms with Crippen molar-refractivity contribution in [3.8, 4) is 11.4 Å². The zero-order valence-corrected chi connectivity index (χ0v) is 16.4. The van der Waals surface area contributed by atoms with Gasteiger partial charge < -0.3 is 4.57 Å². The molecule has 3 nitrogen and oxygen atoms in total. The van der Waals surface area contributed by atoms with Crippen molar-refractivity contribution in [1.29, 1.82) is 0 Å². The monoisotopic (exact) mass is 391 g/mol. The average molecular weight is 392 g/mol. The molecule has 3 aromatic rings. The van der Waals surface area contributed by atoms with Crippen LogP contribution in [0.5, 0.6) is 0 Å². The maximum absolute atomic E-state index is 6.11. The molecule has 130 valence electrons. The summed E-state index contributed by atoms with van der Waals surface area (Å²) in [6, 6.07) is 15.9. The quantitative estimate of drug-likeness (QED) is 0.468. The third kappa shape index (κ3) is 4.57. The Labute approximate surface area is 162 Å². The molecule has 0 unspecified atom stereocenters. The highest BCUT2D eigenvalue weighted by atomic mass is 35.5. The molecule has 0 fully saturated rings. The van der Waals surface area contributed by atoms with E-state index < -0.39 is 0 Å². The van der Waals surface area contributed by atoms with Crippen LogP contribution in [0.1, 0.15) is 19.4 Å². The van der Waals surface area contributed by atoms with Crippen molar-refractivity contribution in [2.24, 2.45) is 5.92 Å². The molecule has 0 saturated heterocycles. The van der Waals surface area contributed by atoms with Gasteiger partial charge in [-0.1, -0.05) is 85.2 Å². The van der Waals surface area contributed by atoms with E-state index in [-0.39, 0.29) is 0 Å². The molecular formula is C19H19Cl2N3S. The molecule has 25 heavy (non-hydrogen) atoms. The Morgan fingerprint density at radius 1 is 1.00 bits per heavy atom. The lowest BCUT2D eigenvalue weighted by Crippen LogP contribution is -2.07. The minimum atomic E-state index is 0.503. The predicted molar refractivity (Wildman–Crippen MR) is 106 cm³/mol. The van der Waals surface area contributed by atoms with Crippen LogP contribution in [0.15, 0.2) is 53.7 Å². The minimum absolute atomic E-state index is 0.503. The molecule has 0 saturated carbocycles. The van der Waals surface area contributed by atoms with Gasteiger partial charge >= 0.3 is 0 Å². The van der Waals surface area contributed by atoms with Crippen LogP contribution >= 0.6 is 35.0 Å². The van der Waals surface area contributed by atoms with Crippen LogP contribution in [0.2, 0.25) is 10.0 Å². The number of hydrogen-bond acceptors (Lipinski definition) is 3. The summed E-state index contributed by atoms with van der Waals surface area (Å²) in [6.45, 7) is 5.27. The number of halogens is 2. The zero-order chi connectivity index (χ0) is 17.8. The van der Waals surface area contributed by atoms with E-state index in [1.165, 1.54) is 0 Å². The summed E-state index contributed by atoms with van der Waals surface area (Å²) in [5.41, 5.74) is 2.19. The standard InChI is InChI=1S/C19H19Cl2N3S/c1-13(2)11-24-18(15-6-4-3-5-7-15)22-23-19(24)25-12-14-8-9-16(20)17(21)10-14/h3-10,13H,11-12H2,1-2H3. The highest BCUT2D eigenvalue weighted by molar-refractivity contribution is 7.98. The number of hydrogen-bond donors (Lipinski definition) is 0. The molecule has 0 atom stereocenters. The summed E-state index contributed by atoms with van der Waals surface area (Å²) in [5.74, 6) is 2.18. The van der Waals surface area contributed by atoms with Gasteiger partial charge in [-0.25, -0.2) is 0 Å². The molecule has 3 rings (SSSR count). The molecule has 0 spiro atoms. The van der Waals surface area contributed by atoms with Gasteiger partial charge in [-0.15, -0.1) is 10.2 Å². The van der Waals surface area contributed by atoms with E-state index in [4.69, 9.17) is 23.2 Å². The Kier molecular flexibility index (Phi) is 6.05. The van der Waals surface area contributed by atoms with Gasteiger partial charge in [0.15, 0.2) is 11.0 Å². The summed E-state index contributed by atoms with van der Waals surface area (Å²) in [6.07, 6.45) is 0. The fourth-order valence-electron chi connectivity index (χ4n) is 2.50. The van der Waals surface area contributed by atoms with E-state index in [0.29, 0.717) is 16.0 Å². The lowest BCUT2D eigenvalue weighted by molar-refractivity contribution is 0.498. The van der Waals surface area contributed by atoms with Crippen LogP contribution < -0.4 is 0 Å². The van der Waals surface area contributed by atoms with E-state index >= 15 is 0 Å². The smallest absolute Gasteiger partial charge is 0.191 e. The normalized spacial score (nSPS) is 11.2. The topological polar surface area (TPSA) is 30.7 Å². The van der Waals surface area contributed by atoms with Crippen LogP contribution in [0.3, 0.4) is 0 Å². The number of thioether (sulfide) groups is 1. The molecule has 0 aliphatic rings. The Morgan fingerprint density at radius 3 is 2.44 bits per heavy atom. The van der Waals surface area contributed by atoms with E-state index in [9.17, 15) is 0 Å². The fraction of sp³-hybridized carbons (Fsp3) is 0.263. The first-order valence-electron chi connectivity index (χ1n) is 8.10. The third-order valence-corrected chi connectivity index (χ3v) is 5.43. The van der Waals surface area contributed by atoms with Crippen LogP contribution in [0.4, 0.5) is 0 Å². The largest absolute Gasteiger partial charge is 0.302 e. The van der Waals surface area contributed by atoms with Gasteiger partial charge in [0.05, 0.1) is 10.0 Å². The maximum Gasteiger partial charge on any atom is 0.191 e. The number of benzene rings is 2. The van der Waals surface area contributed by atoms with E-state index in [1.54, 1.807) is 11.8 Å². The first-order chi connectivity index (χ1) is 12.0. The summed E-state index contributed by atoms with van der Waals surface area (Å²) in [4.78, 5) is 0. The summed E-state index contributed by atoms with van der Waals surface area (Å²) < 4.78 is 2.20. The second-order valence-corrected chi connectivity index (χ2v) is 7.97.